The molecule has 5 nitrogen and oxygen atoms in total. The largest absolute Gasteiger partial charge is 0.377 e. The summed E-state index contributed by atoms with van der Waals surface area (Å²) >= 11 is 0. The highest BCUT2D eigenvalue weighted by molar-refractivity contribution is 5.80. The zero-order valence-electron chi connectivity index (χ0n) is 13.7. The van der Waals surface area contributed by atoms with Gasteiger partial charge in [0.1, 0.15) is 0 Å². The van der Waals surface area contributed by atoms with Gasteiger partial charge in [-0.15, -0.1) is 0 Å². The number of nitrogens with zero attached hydrogens (tertiary/aromatic N) is 1. The number of hydrogen-bond acceptors (Lipinski definition) is 4. The molecule has 0 aliphatic heterocycles. The van der Waals surface area contributed by atoms with Crippen molar-refractivity contribution in [3.05, 3.63) is 0 Å². The fourth-order valence-electron chi connectivity index (χ4n) is 3.94. The standard InChI is InChI=1S/C16H31N3O2/c1-4-21-13(7-8-19(2)3)10-18-16(20)14-11-5-6-12(9-11)15(14)17/h11-15H,4-10,17H2,1-3H3,(H,18,20). The molecule has 0 spiro atoms. The Bertz CT molecular complexity index is 346. The van der Waals surface area contributed by atoms with E-state index < -0.39 is 0 Å². The van der Waals surface area contributed by atoms with Crippen LogP contribution in [0, 0.1) is 17.8 Å². The van der Waals surface area contributed by atoms with E-state index in [1.54, 1.807) is 0 Å². The summed E-state index contributed by atoms with van der Waals surface area (Å²) in [5.41, 5.74) is 6.23. The van der Waals surface area contributed by atoms with Crippen molar-refractivity contribution in [2.45, 2.75) is 44.8 Å². The van der Waals surface area contributed by atoms with E-state index in [4.69, 9.17) is 10.5 Å². The maximum Gasteiger partial charge on any atom is 0.225 e. The first kappa shape index (κ1) is 16.7. The number of hydrogen-bond donors (Lipinski definition) is 2. The number of ether oxygens (including phenoxy) is 1. The highest BCUT2D eigenvalue weighted by Gasteiger charge is 2.48. The molecule has 2 bridgehead atoms. The van der Waals surface area contributed by atoms with Crippen molar-refractivity contribution >= 4 is 5.91 Å². The monoisotopic (exact) mass is 297 g/mol. The number of nitrogens with one attached hydrogen (secondary N) is 1. The van der Waals surface area contributed by atoms with E-state index >= 15 is 0 Å². The average Bonchev–Trinajstić information content (AvgIpc) is 3.02. The normalized spacial score (nSPS) is 32.6. The molecule has 0 saturated heterocycles. The van der Waals surface area contributed by atoms with E-state index in [1.807, 2.05) is 6.92 Å². The van der Waals surface area contributed by atoms with Crippen molar-refractivity contribution in [2.24, 2.45) is 23.5 Å². The summed E-state index contributed by atoms with van der Waals surface area (Å²) in [4.78, 5) is 14.6. The molecule has 2 fully saturated rings. The lowest BCUT2D eigenvalue weighted by Crippen LogP contribution is -2.47. The van der Waals surface area contributed by atoms with Gasteiger partial charge in [0.05, 0.1) is 12.0 Å². The van der Waals surface area contributed by atoms with E-state index in [-0.39, 0.29) is 24.0 Å². The molecule has 3 N–H and O–H groups in total. The summed E-state index contributed by atoms with van der Waals surface area (Å²) in [6, 6.07) is 0.0658. The van der Waals surface area contributed by atoms with Crippen molar-refractivity contribution in [3.63, 3.8) is 0 Å². The van der Waals surface area contributed by atoms with Gasteiger partial charge in [-0.25, -0.2) is 0 Å². The van der Waals surface area contributed by atoms with Gasteiger partial charge in [-0.05, 0) is 58.5 Å². The molecule has 122 valence electrons. The van der Waals surface area contributed by atoms with E-state index in [1.165, 1.54) is 12.8 Å². The fourth-order valence-corrected chi connectivity index (χ4v) is 3.94. The lowest BCUT2D eigenvalue weighted by molar-refractivity contribution is -0.127. The minimum absolute atomic E-state index is 0.0277. The van der Waals surface area contributed by atoms with Crippen LogP contribution in [0.3, 0.4) is 0 Å². The molecular formula is C16H31N3O2. The maximum absolute atomic E-state index is 12.4. The van der Waals surface area contributed by atoms with E-state index in [2.05, 4.69) is 24.3 Å². The Hall–Kier alpha value is -0.650. The topological polar surface area (TPSA) is 67.6 Å². The number of carbonyl (C=O) groups excluding carboxylic acids is 1. The molecule has 2 saturated carbocycles. The number of nitrogens with two attached hydrogens (primary N) is 1. The fraction of sp³-hybridized carbons (Fsp3) is 0.938. The Kier molecular flexibility index (Phi) is 6.02. The van der Waals surface area contributed by atoms with Gasteiger partial charge < -0.3 is 20.7 Å². The summed E-state index contributed by atoms with van der Waals surface area (Å²) in [6.45, 7) is 4.24. The van der Waals surface area contributed by atoms with Crippen LogP contribution < -0.4 is 11.1 Å². The summed E-state index contributed by atoms with van der Waals surface area (Å²) in [7, 11) is 4.10. The smallest absolute Gasteiger partial charge is 0.225 e. The highest BCUT2D eigenvalue weighted by atomic mass is 16.5. The van der Waals surface area contributed by atoms with Gasteiger partial charge in [-0.1, -0.05) is 0 Å². The van der Waals surface area contributed by atoms with Gasteiger partial charge in [-0.2, -0.15) is 0 Å². The highest BCUT2D eigenvalue weighted by Crippen LogP contribution is 2.47. The molecule has 5 heteroatoms. The van der Waals surface area contributed by atoms with E-state index in [0.29, 0.717) is 25.0 Å². The molecule has 5 atom stereocenters. The summed E-state index contributed by atoms with van der Waals surface area (Å²) in [6.07, 6.45) is 4.56. The summed E-state index contributed by atoms with van der Waals surface area (Å²) in [5, 5.41) is 3.09. The second-order valence-corrected chi connectivity index (χ2v) is 6.85. The van der Waals surface area contributed by atoms with Crippen LogP contribution in [0.5, 0.6) is 0 Å². The molecule has 1 amide bonds. The first-order valence-corrected chi connectivity index (χ1v) is 8.32. The third-order valence-corrected chi connectivity index (χ3v) is 5.09. The lowest BCUT2D eigenvalue weighted by Gasteiger charge is -2.28. The second-order valence-electron chi connectivity index (χ2n) is 6.85. The van der Waals surface area contributed by atoms with Crippen LogP contribution in [0.25, 0.3) is 0 Å². The summed E-state index contributed by atoms with van der Waals surface area (Å²) in [5.74, 6) is 1.25. The zero-order chi connectivity index (χ0) is 15.4. The van der Waals surface area contributed by atoms with E-state index in [9.17, 15) is 4.79 Å². The SMILES string of the molecule is CCOC(CCN(C)C)CNC(=O)C1C2CCC(C2)C1N. The van der Waals surface area contributed by atoms with Crippen molar-refractivity contribution in [3.8, 4) is 0 Å². The van der Waals surface area contributed by atoms with Crippen LogP contribution in [0.1, 0.15) is 32.6 Å². The van der Waals surface area contributed by atoms with Crippen molar-refractivity contribution in [1.82, 2.24) is 10.2 Å². The van der Waals surface area contributed by atoms with Gasteiger partial charge in [0.2, 0.25) is 5.91 Å². The van der Waals surface area contributed by atoms with Gasteiger partial charge >= 0.3 is 0 Å². The quantitative estimate of drug-likeness (QED) is 0.696. The van der Waals surface area contributed by atoms with Gasteiger partial charge in [0, 0.05) is 25.7 Å². The molecule has 2 rings (SSSR count). The van der Waals surface area contributed by atoms with Gasteiger partial charge in [0.15, 0.2) is 0 Å². The molecule has 21 heavy (non-hydrogen) atoms. The Morgan fingerprint density at radius 2 is 2.10 bits per heavy atom. The molecular weight excluding hydrogens is 266 g/mol. The molecule has 0 aromatic rings. The van der Waals surface area contributed by atoms with Crippen LogP contribution in [0.4, 0.5) is 0 Å². The Morgan fingerprint density at radius 1 is 1.38 bits per heavy atom. The number of fused-ring (bicyclic) bond motifs is 2. The Morgan fingerprint density at radius 3 is 2.67 bits per heavy atom. The van der Waals surface area contributed by atoms with Crippen LogP contribution in [-0.2, 0) is 9.53 Å². The third-order valence-electron chi connectivity index (χ3n) is 5.09. The van der Waals surface area contributed by atoms with Crippen molar-refractivity contribution in [1.29, 1.82) is 0 Å². The number of carbonyl (C=O) groups is 1. The van der Waals surface area contributed by atoms with Crippen LogP contribution in [0.2, 0.25) is 0 Å². The van der Waals surface area contributed by atoms with Crippen molar-refractivity contribution < 1.29 is 9.53 Å². The van der Waals surface area contributed by atoms with Gasteiger partial charge in [-0.3, -0.25) is 4.79 Å². The minimum Gasteiger partial charge on any atom is -0.377 e. The molecule has 2 aliphatic carbocycles. The first-order valence-electron chi connectivity index (χ1n) is 8.32. The third kappa shape index (κ3) is 4.18. The van der Waals surface area contributed by atoms with Gasteiger partial charge in [0.25, 0.3) is 0 Å². The molecule has 0 aromatic heterocycles. The molecule has 0 aromatic carbocycles. The lowest BCUT2D eigenvalue weighted by atomic mass is 9.84. The minimum atomic E-state index is 0.0277. The van der Waals surface area contributed by atoms with Crippen LogP contribution in [0.15, 0.2) is 0 Å². The summed E-state index contributed by atoms with van der Waals surface area (Å²) < 4.78 is 5.72. The van der Waals surface area contributed by atoms with E-state index in [0.717, 1.165) is 19.4 Å². The molecule has 2 aliphatic rings. The molecule has 0 heterocycles. The predicted octanol–water partition coefficient (Wildman–Crippen LogP) is 0.833. The van der Waals surface area contributed by atoms with Crippen LogP contribution in [-0.4, -0.2) is 56.7 Å². The van der Waals surface area contributed by atoms with Crippen LogP contribution >= 0.6 is 0 Å². The zero-order valence-corrected chi connectivity index (χ0v) is 13.7. The Labute approximate surface area is 128 Å². The number of rotatable bonds is 8. The average molecular weight is 297 g/mol. The predicted molar refractivity (Wildman–Crippen MR) is 83.9 cm³/mol. The number of amides is 1. The maximum atomic E-state index is 12.4. The molecule has 0 radical (unpaired) electrons. The second kappa shape index (κ2) is 7.56. The molecule has 5 unspecified atom stereocenters. The first-order chi connectivity index (χ1) is 10.0. The van der Waals surface area contributed by atoms with Crippen molar-refractivity contribution in [2.75, 3.05) is 33.8 Å². The Balaban J connectivity index is 1.78.